The Morgan fingerprint density at radius 3 is 2.06 bits per heavy atom. The van der Waals surface area contributed by atoms with Crippen LogP contribution >= 0.6 is 0 Å². The molecule has 0 bridgehead atoms. The summed E-state index contributed by atoms with van der Waals surface area (Å²) in [4.78, 5) is 25.3. The first-order valence-corrected chi connectivity index (χ1v) is 10.8. The molecule has 0 fully saturated rings. The zero-order valence-electron chi connectivity index (χ0n) is 20.1. The number of rotatable bonds is 9. The van der Waals surface area contributed by atoms with Gasteiger partial charge in [-0.3, -0.25) is 9.59 Å². The van der Waals surface area contributed by atoms with Crippen LogP contribution in [-0.4, -0.2) is 39.7 Å². The first kappa shape index (κ1) is 24.6. The number of para-hydroxylation sites is 1. The van der Waals surface area contributed by atoms with Gasteiger partial charge in [-0.2, -0.15) is 0 Å². The van der Waals surface area contributed by atoms with E-state index in [1.807, 2.05) is 44.2 Å². The minimum atomic E-state index is -0.330. The lowest BCUT2D eigenvalue weighted by Crippen LogP contribution is -2.36. The summed E-state index contributed by atoms with van der Waals surface area (Å²) in [6.07, 6.45) is 0. The molecule has 0 atom stereocenters. The van der Waals surface area contributed by atoms with Crippen molar-refractivity contribution in [2.24, 2.45) is 0 Å². The lowest BCUT2D eigenvalue weighted by molar-refractivity contribution is 0.0941. The van der Waals surface area contributed by atoms with Crippen LogP contribution in [0.2, 0.25) is 0 Å². The molecule has 0 aliphatic heterocycles. The van der Waals surface area contributed by atoms with Gasteiger partial charge in [-0.1, -0.05) is 38.1 Å². The topological polar surface area (TPSA) is 85.9 Å². The Morgan fingerprint density at radius 2 is 1.41 bits per heavy atom. The Morgan fingerprint density at radius 1 is 0.765 bits per heavy atom. The van der Waals surface area contributed by atoms with Crippen LogP contribution in [-0.2, 0) is 5.41 Å². The molecule has 7 heteroatoms. The first-order chi connectivity index (χ1) is 16.3. The van der Waals surface area contributed by atoms with Crippen LogP contribution in [0.15, 0.2) is 66.7 Å². The molecule has 0 aliphatic carbocycles. The monoisotopic (exact) mass is 462 g/mol. The summed E-state index contributed by atoms with van der Waals surface area (Å²) < 4.78 is 15.8. The fourth-order valence-corrected chi connectivity index (χ4v) is 3.52. The highest BCUT2D eigenvalue weighted by molar-refractivity contribution is 6.04. The van der Waals surface area contributed by atoms with Crippen LogP contribution in [0.3, 0.4) is 0 Å². The molecule has 2 N–H and O–H groups in total. The van der Waals surface area contributed by atoms with E-state index in [4.69, 9.17) is 14.2 Å². The molecule has 3 aromatic rings. The minimum absolute atomic E-state index is 0.190. The van der Waals surface area contributed by atoms with Crippen molar-refractivity contribution in [3.8, 4) is 17.2 Å². The predicted octanol–water partition coefficient (Wildman–Crippen LogP) is 4.67. The van der Waals surface area contributed by atoms with Gasteiger partial charge in [0.2, 0.25) is 0 Å². The number of anilines is 1. The van der Waals surface area contributed by atoms with Gasteiger partial charge in [-0.05, 0) is 48.0 Å². The molecule has 2 amide bonds. The highest BCUT2D eigenvalue weighted by Gasteiger charge is 2.23. The largest absolute Gasteiger partial charge is 0.496 e. The van der Waals surface area contributed by atoms with Gasteiger partial charge in [0.05, 0.1) is 26.9 Å². The SMILES string of the molecule is COc1ccc(C(=O)Nc2ccc(C(C)(C)CNC(=O)c3ccccc3OC)cc2)cc1OC. The number of hydrogen-bond donors (Lipinski definition) is 2. The number of carbonyl (C=O) groups is 2. The Kier molecular flexibility index (Phi) is 7.79. The van der Waals surface area contributed by atoms with Gasteiger partial charge < -0.3 is 24.8 Å². The molecule has 3 aromatic carbocycles. The molecule has 0 saturated carbocycles. The zero-order chi connectivity index (χ0) is 24.7. The average Bonchev–Trinajstić information content (AvgIpc) is 2.87. The third-order valence-electron chi connectivity index (χ3n) is 5.61. The molecule has 0 spiro atoms. The fraction of sp³-hybridized carbons (Fsp3) is 0.259. The van der Waals surface area contributed by atoms with Crippen LogP contribution in [0.4, 0.5) is 5.69 Å². The predicted molar refractivity (Wildman–Crippen MR) is 132 cm³/mol. The summed E-state index contributed by atoms with van der Waals surface area (Å²) in [6, 6.07) is 19.7. The summed E-state index contributed by atoms with van der Waals surface area (Å²) >= 11 is 0. The number of ether oxygens (including phenoxy) is 3. The van der Waals surface area contributed by atoms with E-state index in [-0.39, 0.29) is 17.2 Å². The fourth-order valence-electron chi connectivity index (χ4n) is 3.52. The molecule has 178 valence electrons. The average molecular weight is 463 g/mol. The summed E-state index contributed by atoms with van der Waals surface area (Å²) in [6.45, 7) is 4.53. The smallest absolute Gasteiger partial charge is 0.255 e. The van der Waals surface area contributed by atoms with Crippen molar-refractivity contribution in [3.63, 3.8) is 0 Å². The van der Waals surface area contributed by atoms with Crippen LogP contribution < -0.4 is 24.8 Å². The third-order valence-corrected chi connectivity index (χ3v) is 5.61. The van der Waals surface area contributed by atoms with Crippen LogP contribution in [0.5, 0.6) is 17.2 Å². The molecular weight excluding hydrogens is 432 g/mol. The second-order valence-electron chi connectivity index (χ2n) is 8.37. The highest BCUT2D eigenvalue weighted by atomic mass is 16.5. The summed E-state index contributed by atoms with van der Waals surface area (Å²) in [7, 11) is 4.62. The Bertz CT molecular complexity index is 1160. The molecule has 0 aliphatic rings. The maximum Gasteiger partial charge on any atom is 0.255 e. The van der Waals surface area contributed by atoms with E-state index in [2.05, 4.69) is 10.6 Å². The van der Waals surface area contributed by atoms with E-state index in [1.165, 1.54) is 7.11 Å². The van der Waals surface area contributed by atoms with Crippen molar-refractivity contribution in [3.05, 3.63) is 83.4 Å². The molecular formula is C27H30N2O5. The van der Waals surface area contributed by atoms with E-state index in [1.54, 1.807) is 50.6 Å². The molecule has 0 radical (unpaired) electrons. The van der Waals surface area contributed by atoms with Gasteiger partial charge >= 0.3 is 0 Å². The van der Waals surface area contributed by atoms with Crippen molar-refractivity contribution in [1.29, 1.82) is 0 Å². The third kappa shape index (κ3) is 5.67. The number of amides is 2. The van der Waals surface area contributed by atoms with Crippen molar-refractivity contribution < 1.29 is 23.8 Å². The molecule has 0 heterocycles. The molecule has 0 aromatic heterocycles. The number of carbonyl (C=O) groups excluding carboxylic acids is 2. The van der Waals surface area contributed by atoms with E-state index in [0.29, 0.717) is 40.6 Å². The molecule has 0 saturated heterocycles. The summed E-state index contributed by atoms with van der Waals surface area (Å²) in [5, 5.41) is 5.88. The number of nitrogens with one attached hydrogen (secondary N) is 2. The second kappa shape index (κ2) is 10.7. The number of methoxy groups -OCH3 is 3. The standard InChI is InChI=1S/C27H30N2O5/c1-27(2,17-28-26(31)21-8-6-7-9-22(21)32-3)19-11-13-20(14-12-19)29-25(30)18-10-15-23(33-4)24(16-18)34-5/h6-16H,17H2,1-5H3,(H,28,31)(H,29,30). The Labute approximate surface area is 200 Å². The van der Waals surface area contributed by atoms with Crippen LogP contribution in [0, 0.1) is 0 Å². The molecule has 34 heavy (non-hydrogen) atoms. The van der Waals surface area contributed by atoms with Gasteiger partial charge in [-0.25, -0.2) is 0 Å². The van der Waals surface area contributed by atoms with Crippen molar-refractivity contribution in [2.75, 3.05) is 33.2 Å². The molecule has 3 rings (SSSR count). The quantitative estimate of drug-likeness (QED) is 0.483. The second-order valence-corrected chi connectivity index (χ2v) is 8.37. The lowest BCUT2D eigenvalue weighted by Gasteiger charge is -2.26. The maximum atomic E-state index is 12.7. The van der Waals surface area contributed by atoms with Gasteiger partial charge in [0.15, 0.2) is 11.5 Å². The van der Waals surface area contributed by atoms with E-state index >= 15 is 0 Å². The van der Waals surface area contributed by atoms with Crippen molar-refractivity contribution in [1.82, 2.24) is 5.32 Å². The van der Waals surface area contributed by atoms with E-state index < -0.39 is 0 Å². The van der Waals surface area contributed by atoms with Crippen molar-refractivity contribution in [2.45, 2.75) is 19.3 Å². The number of hydrogen-bond acceptors (Lipinski definition) is 5. The Balaban J connectivity index is 1.65. The maximum absolute atomic E-state index is 12.7. The molecule has 0 unspecified atom stereocenters. The highest BCUT2D eigenvalue weighted by Crippen LogP contribution is 2.28. The Hall–Kier alpha value is -4.00. The van der Waals surface area contributed by atoms with Gasteiger partial charge in [-0.15, -0.1) is 0 Å². The van der Waals surface area contributed by atoms with Crippen LogP contribution in [0.1, 0.15) is 40.1 Å². The summed E-state index contributed by atoms with van der Waals surface area (Å²) in [5.74, 6) is 1.14. The van der Waals surface area contributed by atoms with Crippen molar-refractivity contribution >= 4 is 17.5 Å². The van der Waals surface area contributed by atoms with Gasteiger partial charge in [0, 0.05) is 23.2 Å². The lowest BCUT2D eigenvalue weighted by atomic mass is 9.84. The van der Waals surface area contributed by atoms with E-state index in [9.17, 15) is 9.59 Å². The first-order valence-electron chi connectivity index (χ1n) is 10.8. The van der Waals surface area contributed by atoms with Crippen LogP contribution in [0.25, 0.3) is 0 Å². The van der Waals surface area contributed by atoms with Gasteiger partial charge in [0.1, 0.15) is 5.75 Å². The number of benzene rings is 3. The zero-order valence-corrected chi connectivity index (χ0v) is 20.1. The summed E-state index contributed by atoms with van der Waals surface area (Å²) in [5.41, 5.74) is 2.31. The molecule has 7 nitrogen and oxygen atoms in total. The van der Waals surface area contributed by atoms with E-state index in [0.717, 1.165) is 5.56 Å². The normalized spacial score (nSPS) is 10.9. The minimum Gasteiger partial charge on any atom is -0.496 e. The van der Waals surface area contributed by atoms with Gasteiger partial charge in [0.25, 0.3) is 11.8 Å².